The molecule has 0 aliphatic carbocycles. The number of nitrogens with zero attached hydrogens (tertiary/aromatic N) is 1. The standard InChI is InChI=1S/C15H14BrNO3/c1-9(15(19)20)17(2)14(18)12-4-3-11-8-13(16)6-5-10(11)7-12/h3-9H,1-2H3,(H,19,20). The molecule has 4 nitrogen and oxygen atoms in total. The summed E-state index contributed by atoms with van der Waals surface area (Å²) in [5.41, 5.74) is 0.482. The zero-order valence-corrected chi connectivity index (χ0v) is 12.7. The Morgan fingerprint density at radius 2 is 1.75 bits per heavy atom. The summed E-state index contributed by atoms with van der Waals surface area (Å²) in [4.78, 5) is 24.4. The third-order valence-corrected chi connectivity index (χ3v) is 3.80. The van der Waals surface area contributed by atoms with Crippen LogP contribution in [0.5, 0.6) is 0 Å². The molecule has 0 bridgehead atoms. The average molecular weight is 336 g/mol. The van der Waals surface area contributed by atoms with Crippen molar-refractivity contribution < 1.29 is 14.7 Å². The molecule has 0 saturated carbocycles. The van der Waals surface area contributed by atoms with Gasteiger partial charge in [0.05, 0.1) is 0 Å². The highest BCUT2D eigenvalue weighted by atomic mass is 79.9. The van der Waals surface area contributed by atoms with E-state index in [-0.39, 0.29) is 5.91 Å². The van der Waals surface area contributed by atoms with Gasteiger partial charge in [-0.1, -0.05) is 28.1 Å². The highest BCUT2D eigenvalue weighted by Gasteiger charge is 2.22. The molecule has 1 N–H and O–H groups in total. The lowest BCUT2D eigenvalue weighted by Crippen LogP contribution is -2.40. The molecule has 104 valence electrons. The van der Waals surface area contributed by atoms with Crippen molar-refractivity contribution in [1.29, 1.82) is 0 Å². The molecule has 0 fully saturated rings. The van der Waals surface area contributed by atoms with Crippen LogP contribution < -0.4 is 0 Å². The first kappa shape index (κ1) is 14.5. The van der Waals surface area contributed by atoms with E-state index in [0.29, 0.717) is 5.56 Å². The SMILES string of the molecule is CC(C(=O)O)N(C)C(=O)c1ccc2cc(Br)ccc2c1. The largest absolute Gasteiger partial charge is 0.480 e. The topological polar surface area (TPSA) is 57.6 Å². The monoisotopic (exact) mass is 335 g/mol. The first-order valence-corrected chi connectivity index (χ1v) is 6.88. The molecule has 0 aromatic heterocycles. The van der Waals surface area contributed by atoms with Crippen LogP contribution in [-0.4, -0.2) is 35.0 Å². The molecular formula is C15H14BrNO3. The van der Waals surface area contributed by atoms with Gasteiger partial charge in [-0.05, 0) is 42.0 Å². The number of hydrogen-bond acceptors (Lipinski definition) is 2. The Hall–Kier alpha value is -1.88. The number of carboxylic acid groups (broad SMARTS) is 1. The molecule has 20 heavy (non-hydrogen) atoms. The van der Waals surface area contributed by atoms with E-state index in [1.165, 1.54) is 18.9 Å². The number of carbonyl (C=O) groups is 2. The fourth-order valence-corrected chi connectivity index (χ4v) is 2.27. The van der Waals surface area contributed by atoms with E-state index in [9.17, 15) is 9.59 Å². The van der Waals surface area contributed by atoms with Gasteiger partial charge in [-0.2, -0.15) is 0 Å². The Balaban J connectivity index is 2.35. The van der Waals surface area contributed by atoms with E-state index in [4.69, 9.17) is 5.11 Å². The first-order valence-electron chi connectivity index (χ1n) is 6.09. The van der Waals surface area contributed by atoms with Crippen molar-refractivity contribution in [3.8, 4) is 0 Å². The lowest BCUT2D eigenvalue weighted by Gasteiger charge is -2.21. The number of amides is 1. The highest BCUT2D eigenvalue weighted by Crippen LogP contribution is 2.21. The quantitative estimate of drug-likeness (QED) is 0.937. The number of carboxylic acids is 1. The Morgan fingerprint density at radius 3 is 2.40 bits per heavy atom. The number of aliphatic carboxylic acids is 1. The maximum Gasteiger partial charge on any atom is 0.326 e. The number of hydrogen-bond donors (Lipinski definition) is 1. The Labute approximate surface area is 125 Å². The minimum Gasteiger partial charge on any atom is -0.480 e. The van der Waals surface area contributed by atoms with Gasteiger partial charge in [-0.15, -0.1) is 0 Å². The molecule has 2 aromatic rings. The number of rotatable bonds is 3. The number of halogens is 1. The van der Waals surface area contributed by atoms with Crippen LogP contribution in [0.15, 0.2) is 40.9 Å². The molecule has 2 rings (SSSR count). The molecule has 0 heterocycles. The van der Waals surface area contributed by atoms with Gasteiger partial charge in [0.1, 0.15) is 6.04 Å². The number of fused-ring (bicyclic) bond motifs is 1. The van der Waals surface area contributed by atoms with Crippen molar-refractivity contribution in [2.45, 2.75) is 13.0 Å². The van der Waals surface area contributed by atoms with E-state index >= 15 is 0 Å². The Bertz CT molecular complexity index is 684. The predicted molar refractivity (Wildman–Crippen MR) is 80.8 cm³/mol. The lowest BCUT2D eigenvalue weighted by atomic mass is 10.1. The molecule has 0 spiro atoms. The van der Waals surface area contributed by atoms with Gasteiger partial charge in [0, 0.05) is 17.1 Å². The molecule has 1 unspecified atom stereocenters. The van der Waals surface area contributed by atoms with Crippen molar-refractivity contribution in [1.82, 2.24) is 4.90 Å². The van der Waals surface area contributed by atoms with E-state index < -0.39 is 12.0 Å². The third-order valence-electron chi connectivity index (χ3n) is 3.31. The van der Waals surface area contributed by atoms with Crippen LogP contribution in [0.25, 0.3) is 10.8 Å². The van der Waals surface area contributed by atoms with Crippen molar-refractivity contribution in [2.24, 2.45) is 0 Å². The van der Waals surface area contributed by atoms with Gasteiger partial charge >= 0.3 is 5.97 Å². The van der Waals surface area contributed by atoms with Crippen molar-refractivity contribution in [3.05, 3.63) is 46.4 Å². The van der Waals surface area contributed by atoms with Crippen LogP contribution >= 0.6 is 15.9 Å². The summed E-state index contributed by atoms with van der Waals surface area (Å²) in [5.74, 6) is -1.32. The summed E-state index contributed by atoms with van der Waals surface area (Å²) >= 11 is 3.40. The van der Waals surface area contributed by atoms with Gasteiger partial charge in [0.15, 0.2) is 0 Å². The lowest BCUT2D eigenvalue weighted by molar-refractivity contribution is -0.141. The smallest absolute Gasteiger partial charge is 0.326 e. The normalized spacial score (nSPS) is 12.2. The van der Waals surface area contributed by atoms with Gasteiger partial charge in [-0.25, -0.2) is 4.79 Å². The summed E-state index contributed by atoms with van der Waals surface area (Å²) < 4.78 is 0.973. The first-order chi connectivity index (χ1) is 9.40. The van der Waals surface area contributed by atoms with E-state index in [1.54, 1.807) is 12.1 Å². The highest BCUT2D eigenvalue weighted by molar-refractivity contribution is 9.10. The summed E-state index contributed by atoms with van der Waals surface area (Å²) in [5, 5.41) is 10.9. The fourth-order valence-electron chi connectivity index (χ4n) is 1.89. The van der Waals surface area contributed by atoms with E-state index in [1.807, 2.05) is 24.3 Å². The Morgan fingerprint density at radius 1 is 1.15 bits per heavy atom. The number of benzene rings is 2. The molecular weight excluding hydrogens is 322 g/mol. The molecule has 1 atom stereocenters. The summed E-state index contributed by atoms with van der Waals surface area (Å²) in [7, 11) is 1.49. The number of likely N-dealkylation sites (N-methyl/N-ethyl adjacent to an activating group) is 1. The molecule has 2 aromatic carbocycles. The van der Waals surface area contributed by atoms with Gasteiger partial charge < -0.3 is 10.0 Å². The minimum atomic E-state index is -1.02. The maximum atomic E-state index is 12.3. The van der Waals surface area contributed by atoms with Gasteiger partial charge in [0.25, 0.3) is 5.91 Å². The average Bonchev–Trinajstić information content (AvgIpc) is 2.44. The van der Waals surface area contributed by atoms with Gasteiger partial charge in [-0.3, -0.25) is 4.79 Å². The third kappa shape index (κ3) is 2.82. The second-order valence-corrected chi connectivity index (χ2v) is 5.55. The fraction of sp³-hybridized carbons (Fsp3) is 0.200. The Kier molecular flexibility index (Phi) is 4.09. The second-order valence-electron chi connectivity index (χ2n) is 4.64. The minimum absolute atomic E-state index is 0.301. The summed E-state index contributed by atoms with van der Waals surface area (Å²) in [6, 6.07) is 10.3. The number of carbonyl (C=O) groups excluding carboxylic acids is 1. The zero-order chi connectivity index (χ0) is 14.9. The van der Waals surface area contributed by atoms with Crippen LogP contribution in [-0.2, 0) is 4.79 Å². The summed E-state index contributed by atoms with van der Waals surface area (Å²) in [6.07, 6.45) is 0. The van der Waals surface area contributed by atoms with Crippen molar-refractivity contribution in [2.75, 3.05) is 7.05 Å². The molecule has 0 aliphatic rings. The predicted octanol–water partition coefficient (Wildman–Crippen LogP) is 3.15. The van der Waals surface area contributed by atoms with Crippen LogP contribution in [0.3, 0.4) is 0 Å². The van der Waals surface area contributed by atoms with Crippen LogP contribution in [0.4, 0.5) is 0 Å². The van der Waals surface area contributed by atoms with Crippen LogP contribution in [0.2, 0.25) is 0 Å². The van der Waals surface area contributed by atoms with Crippen LogP contribution in [0, 0.1) is 0 Å². The summed E-state index contributed by atoms with van der Waals surface area (Å²) in [6.45, 7) is 1.48. The van der Waals surface area contributed by atoms with Crippen molar-refractivity contribution in [3.63, 3.8) is 0 Å². The van der Waals surface area contributed by atoms with Crippen molar-refractivity contribution >= 4 is 38.6 Å². The maximum absolute atomic E-state index is 12.3. The molecule has 0 aliphatic heterocycles. The molecule has 5 heteroatoms. The van der Waals surface area contributed by atoms with E-state index in [2.05, 4.69) is 15.9 Å². The molecule has 1 amide bonds. The second kappa shape index (κ2) is 5.63. The van der Waals surface area contributed by atoms with Gasteiger partial charge in [0.2, 0.25) is 0 Å². The van der Waals surface area contributed by atoms with Crippen LogP contribution in [0.1, 0.15) is 17.3 Å². The van der Waals surface area contributed by atoms with E-state index in [0.717, 1.165) is 15.2 Å². The molecule has 0 saturated heterocycles. The zero-order valence-electron chi connectivity index (χ0n) is 11.1. The molecule has 0 radical (unpaired) electrons.